The van der Waals surface area contributed by atoms with Crippen LogP contribution in [0.25, 0.3) is 11.0 Å². The Morgan fingerprint density at radius 1 is 1.50 bits per heavy atom. The van der Waals surface area contributed by atoms with Crippen molar-refractivity contribution in [1.82, 2.24) is 10.6 Å². The SMILES string of the molecule is COc1ccc2c(C)c(C(=O)N[C@@H]3CNCC[C@H]3O)oc2c1. The molecule has 1 aliphatic heterocycles. The lowest BCUT2D eigenvalue weighted by Gasteiger charge is -2.28. The molecule has 1 amide bonds. The number of hydrogen-bond donors (Lipinski definition) is 3. The van der Waals surface area contributed by atoms with Gasteiger partial charge in [0.25, 0.3) is 5.91 Å². The standard InChI is InChI=1S/C16H20N2O4/c1-9-11-4-3-10(21-2)7-14(11)22-15(9)16(20)18-12-8-17-6-5-13(12)19/h3-4,7,12-13,17,19H,5-6,8H2,1-2H3,(H,18,20)/t12-,13-/m1/s1. The Kier molecular flexibility index (Phi) is 4.04. The summed E-state index contributed by atoms with van der Waals surface area (Å²) in [6.07, 6.45) is 0.0938. The van der Waals surface area contributed by atoms with Gasteiger partial charge in [0.1, 0.15) is 11.3 Å². The highest BCUT2D eigenvalue weighted by atomic mass is 16.5. The number of piperidine rings is 1. The summed E-state index contributed by atoms with van der Waals surface area (Å²) in [4.78, 5) is 12.4. The van der Waals surface area contributed by atoms with Crippen LogP contribution in [0.3, 0.4) is 0 Å². The lowest BCUT2D eigenvalue weighted by Crippen LogP contribution is -2.53. The van der Waals surface area contributed by atoms with Gasteiger partial charge in [-0.05, 0) is 32.0 Å². The Balaban J connectivity index is 1.85. The fraction of sp³-hybridized carbons (Fsp3) is 0.438. The average molecular weight is 304 g/mol. The summed E-state index contributed by atoms with van der Waals surface area (Å²) in [5.41, 5.74) is 1.40. The molecule has 118 valence electrons. The number of aliphatic hydroxyl groups excluding tert-OH is 1. The van der Waals surface area contributed by atoms with Crippen LogP contribution >= 0.6 is 0 Å². The number of carbonyl (C=O) groups excluding carboxylic acids is 1. The molecule has 0 unspecified atom stereocenters. The number of aryl methyl sites for hydroxylation is 1. The highest BCUT2D eigenvalue weighted by Crippen LogP contribution is 2.28. The quantitative estimate of drug-likeness (QED) is 0.793. The topological polar surface area (TPSA) is 83.7 Å². The van der Waals surface area contributed by atoms with Gasteiger partial charge < -0.3 is 24.9 Å². The molecule has 1 saturated heterocycles. The van der Waals surface area contributed by atoms with Crippen LogP contribution in [-0.2, 0) is 0 Å². The normalized spacial score (nSPS) is 21.8. The van der Waals surface area contributed by atoms with E-state index in [1.54, 1.807) is 13.2 Å². The smallest absolute Gasteiger partial charge is 0.287 e. The minimum Gasteiger partial charge on any atom is -0.497 e. The van der Waals surface area contributed by atoms with Crippen molar-refractivity contribution < 1.29 is 19.1 Å². The van der Waals surface area contributed by atoms with Crippen molar-refractivity contribution in [1.29, 1.82) is 0 Å². The van der Waals surface area contributed by atoms with Gasteiger partial charge in [-0.15, -0.1) is 0 Å². The molecule has 0 spiro atoms. The summed E-state index contributed by atoms with van der Waals surface area (Å²) in [5, 5.41) is 16.8. The Labute approximate surface area is 128 Å². The first kappa shape index (κ1) is 14.9. The molecule has 2 heterocycles. The van der Waals surface area contributed by atoms with Crippen LogP contribution in [0, 0.1) is 6.92 Å². The van der Waals surface area contributed by atoms with Crippen LogP contribution in [0.4, 0.5) is 0 Å². The van der Waals surface area contributed by atoms with Gasteiger partial charge in [-0.1, -0.05) is 0 Å². The largest absolute Gasteiger partial charge is 0.497 e. The Bertz CT molecular complexity index is 695. The summed E-state index contributed by atoms with van der Waals surface area (Å²) in [6.45, 7) is 3.17. The second kappa shape index (κ2) is 5.98. The zero-order chi connectivity index (χ0) is 15.7. The van der Waals surface area contributed by atoms with Crippen molar-refractivity contribution in [2.45, 2.75) is 25.5 Å². The number of benzene rings is 1. The number of rotatable bonds is 3. The Hall–Kier alpha value is -2.05. The van der Waals surface area contributed by atoms with Crippen molar-refractivity contribution in [3.63, 3.8) is 0 Å². The number of furan rings is 1. The van der Waals surface area contributed by atoms with Gasteiger partial charge in [-0.2, -0.15) is 0 Å². The van der Waals surface area contributed by atoms with Gasteiger partial charge in [0.05, 0.1) is 19.3 Å². The minimum atomic E-state index is -0.532. The molecule has 0 radical (unpaired) electrons. The maximum atomic E-state index is 12.4. The third-order valence-electron chi connectivity index (χ3n) is 4.11. The Morgan fingerprint density at radius 2 is 2.32 bits per heavy atom. The zero-order valence-electron chi connectivity index (χ0n) is 12.7. The van der Waals surface area contributed by atoms with Crippen molar-refractivity contribution in [3.05, 3.63) is 29.5 Å². The molecular formula is C16H20N2O4. The van der Waals surface area contributed by atoms with E-state index in [0.29, 0.717) is 24.3 Å². The van der Waals surface area contributed by atoms with Crippen LogP contribution in [0.15, 0.2) is 22.6 Å². The van der Waals surface area contributed by atoms with E-state index in [1.165, 1.54) is 0 Å². The monoisotopic (exact) mass is 304 g/mol. The van der Waals surface area contributed by atoms with E-state index in [2.05, 4.69) is 10.6 Å². The van der Waals surface area contributed by atoms with Gasteiger partial charge in [0, 0.05) is 23.6 Å². The molecule has 6 heteroatoms. The van der Waals surface area contributed by atoms with Crippen LogP contribution in [0.1, 0.15) is 22.5 Å². The van der Waals surface area contributed by atoms with Gasteiger partial charge in [-0.25, -0.2) is 0 Å². The highest BCUT2D eigenvalue weighted by molar-refractivity contribution is 5.99. The molecular weight excluding hydrogens is 284 g/mol. The van der Waals surface area contributed by atoms with E-state index < -0.39 is 6.10 Å². The molecule has 0 bridgehead atoms. The predicted molar refractivity (Wildman–Crippen MR) is 82.3 cm³/mol. The summed E-state index contributed by atoms with van der Waals surface area (Å²) in [5.74, 6) is 0.654. The number of methoxy groups -OCH3 is 1. The van der Waals surface area contributed by atoms with E-state index in [4.69, 9.17) is 9.15 Å². The van der Waals surface area contributed by atoms with E-state index in [9.17, 15) is 9.90 Å². The molecule has 1 aromatic heterocycles. The number of carbonyl (C=O) groups is 1. The molecule has 22 heavy (non-hydrogen) atoms. The molecule has 1 aromatic carbocycles. The molecule has 3 rings (SSSR count). The summed E-state index contributed by atoms with van der Waals surface area (Å²) < 4.78 is 10.9. The highest BCUT2D eigenvalue weighted by Gasteiger charge is 2.27. The van der Waals surface area contributed by atoms with Gasteiger partial charge in [-0.3, -0.25) is 4.79 Å². The fourth-order valence-electron chi connectivity index (χ4n) is 2.78. The molecule has 2 atom stereocenters. The number of fused-ring (bicyclic) bond motifs is 1. The molecule has 1 aliphatic rings. The second-order valence-corrected chi connectivity index (χ2v) is 5.56. The van der Waals surface area contributed by atoms with E-state index in [0.717, 1.165) is 17.5 Å². The summed E-state index contributed by atoms with van der Waals surface area (Å²) >= 11 is 0. The molecule has 2 aromatic rings. The van der Waals surface area contributed by atoms with Crippen molar-refractivity contribution in [3.8, 4) is 5.75 Å². The number of ether oxygens (including phenoxy) is 1. The lowest BCUT2D eigenvalue weighted by molar-refractivity contribution is 0.0735. The first-order chi connectivity index (χ1) is 10.6. The van der Waals surface area contributed by atoms with Crippen molar-refractivity contribution in [2.75, 3.05) is 20.2 Å². The minimum absolute atomic E-state index is 0.279. The third kappa shape index (κ3) is 2.67. The molecule has 3 N–H and O–H groups in total. The predicted octanol–water partition coefficient (Wildman–Crippen LogP) is 1.20. The Morgan fingerprint density at radius 3 is 3.05 bits per heavy atom. The molecule has 6 nitrogen and oxygen atoms in total. The summed E-state index contributed by atoms with van der Waals surface area (Å²) in [6, 6.07) is 5.17. The fourth-order valence-corrected chi connectivity index (χ4v) is 2.78. The van der Waals surface area contributed by atoms with Crippen molar-refractivity contribution in [2.24, 2.45) is 0 Å². The molecule has 1 fully saturated rings. The first-order valence-corrected chi connectivity index (χ1v) is 7.37. The van der Waals surface area contributed by atoms with Crippen LogP contribution in [0.5, 0.6) is 5.75 Å². The second-order valence-electron chi connectivity index (χ2n) is 5.56. The average Bonchev–Trinajstić information content (AvgIpc) is 2.86. The van der Waals surface area contributed by atoms with Gasteiger partial charge >= 0.3 is 0 Å². The summed E-state index contributed by atoms with van der Waals surface area (Å²) in [7, 11) is 1.59. The number of nitrogens with one attached hydrogen (secondary N) is 2. The van der Waals surface area contributed by atoms with Crippen LogP contribution in [-0.4, -0.2) is 43.4 Å². The van der Waals surface area contributed by atoms with E-state index in [-0.39, 0.29) is 17.7 Å². The van der Waals surface area contributed by atoms with Gasteiger partial charge in [0.15, 0.2) is 5.76 Å². The maximum Gasteiger partial charge on any atom is 0.287 e. The van der Waals surface area contributed by atoms with Crippen LogP contribution < -0.4 is 15.4 Å². The number of amides is 1. The number of aliphatic hydroxyl groups is 1. The zero-order valence-corrected chi connectivity index (χ0v) is 12.7. The molecule has 0 saturated carbocycles. The van der Waals surface area contributed by atoms with Crippen molar-refractivity contribution >= 4 is 16.9 Å². The van der Waals surface area contributed by atoms with E-state index >= 15 is 0 Å². The van der Waals surface area contributed by atoms with Gasteiger partial charge in [0.2, 0.25) is 0 Å². The lowest BCUT2D eigenvalue weighted by atomic mass is 10.0. The third-order valence-corrected chi connectivity index (χ3v) is 4.11. The van der Waals surface area contributed by atoms with Crippen LogP contribution in [0.2, 0.25) is 0 Å². The first-order valence-electron chi connectivity index (χ1n) is 7.37. The van der Waals surface area contributed by atoms with E-state index in [1.807, 2.05) is 19.1 Å². The number of hydrogen-bond acceptors (Lipinski definition) is 5. The maximum absolute atomic E-state index is 12.4. The molecule has 0 aliphatic carbocycles.